The minimum atomic E-state index is -4.54. The van der Waals surface area contributed by atoms with Crippen molar-refractivity contribution in [3.8, 4) is 0 Å². The van der Waals surface area contributed by atoms with Gasteiger partial charge in [-0.2, -0.15) is 13.2 Å². The highest BCUT2D eigenvalue weighted by molar-refractivity contribution is 6.29. The van der Waals surface area contributed by atoms with Crippen LogP contribution in [0.25, 0.3) is 0 Å². The van der Waals surface area contributed by atoms with E-state index in [1.54, 1.807) is 0 Å². The summed E-state index contributed by atoms with van der Waals surface area (Å²) < 4.78 is 37.4. The molecule has 15 heavy (non-hydrogen) atoms. The normalized spacial score (nSPS) is 17.7. The Morgan fingerprint density at radius 3 is 2.53 bits per heavy atom. The minimum Gasteiger partial charge on any atom is -0.481 e. The summed E-state index contributed by atoms with van der Waals surface area (Å²) in [5.41, 5.74) is -1.03. The number of allylic oxidation sites excluding steroid dienone is 3. The van der Waals surface area contributed by atoms with Gasteiger partial charge in [-0.1, -0.05) is 11.6 Å². The number of carbonyl (C=O) groups is 1. The highest BCUT2D eigenvalue weighted by Gasteiger charge is 2.36. The van der Waals surface area contributed by atoms with E-state index in [0.717, 1.165) is 6.08 Å². The molecule has 84 valence electrons. The topological polar surface area (TPSA) is 37.3 Å². The minimum absolute atomic E-state index is 0.0521. The van der Waals surface area contributed by atoms with Crippen LogP contribution >= 0.6 is 11.6 Å². The molecule has 0 saturated heterocycles. The number of carboxylic acid groups (broad SMARTS) is 1. The molecule has 1 rings (SSSR count). The molecule has 0 spiro atoms. The van der Waals surface area contributed by atoms with Crippen LogP contribution in [0, 0.1) is 0 Å². The van der Waals surface area contributed by atoms with Gasteiger partial charge in [-0.3, -0.25) is 4.79 Å². The number of hydrogen-bond donors (Lipinski definition) is 1. The van der Waals surface area contributed by atoms with Crippen LogP contribution in [-0.2, 0) is 4.79 Å². The number of halogens is 4. The monoisotopic (exact) mass is 240 g/mol. The number of rotatable bonds is 2. The van der Waals surface area contributed by atoms with Crippen LogP contribution in [0.5, 0.6) is 0 Å². The zero-order valence-corrected chi connectivity index (χ0v) is 8.32. The van der Waals surface area contributed by atoms with Crippen molar-refractivity contribution in [1.82, 2.24) is 0 Å². The van der Waals surface area contributed by atoms with E-state index in [0.29, 0.717) is 0 Å². The van der Waals surface area contributed by atoms with Crippen molar-refractivity contribution < 1.29 is 23.1 Å². The van der Waals surface area contributed by atoms with Crippen molar-refractivity contribution in [2.75, 3.05) is 0 Å². The Balaban J connectivity index is 3.08. The summed E-state index contributed by atoms with van der Waals surface area (Å²) in [5.74, 6) is -1.27. The van der Waals surface area contributed by atoms with Gasteiger partial charge in [0.25, 0.3) is 0 Å². The summed E-state index contributed by atoms with van der Waals surface area (Å²) in [6.45, 7) is 0. The standard InChI is InChI=1S/C9H8ClF3O2/c10-6-2-1-5(3-8(14)15)7(4-6)9(11,12)13/h4H,1-3H2,(H,14,15). The maximum Gasteiger partial charge on any atom is 0.416 e. The van der Waals surface area contributed by atoms with E-state index in [1.807, 2.05) is 0 Å². The Morgan fingerprint density at radius 2 is 2.07 bits per heavy atom. The van der Waals surface area contributed by atoms with Crippen molar-refractivity contribution in [1.29, 1.82) is 0 Å². The lowest BCUT2D eigenvalue weighted by atomic mass is 9.94. The molecule has 0 saturated carbocycles. The summed E-state index contributed by atoms with van der Waals surface area (Å²) in [6.07, 6.45) is -4.00. The fourth-order valence-corrected chi connectivity index (χ4v) is 1.59. The molecule has 0 bridgehead atoms. The van der Waals surface area contributed by atoms with Crippen molar-refractivity contribution in [2.24, 2.45) is 0 Å². The third-order valence-corrected chi connectivity index (χ3v) is 2.32. The predicted octanol–water partition coefficient (Wildman–Crippen LogP) is 3.24. The Kier molecular flexibility index (Phi) is 3.44. The number of aliphatic carboxylic acids is 1. The summed E-state index contributed by atoms with van der Waals surface area (Å²) >= 11 is 5.50. The number of hydrogen-bond acceptors (Lipinski definition) is 1. The van der Waals surface area contributed by atoms with Gasteiger partial charge in [0.15, 0.2) is 0 Å². The van der Waals surface area contributed by atoms with Crippen molar-refractivity contribution >= 4 is 17.6 Å². The van der Waals surface area contributed by atoms with E-state index in [-0.39, 0.29) is 23.4 Å². The molecule has 1 N–H and O–H groups in total. The molecule has 0 amide bonds. The first-order valence-corrected chi connectivity index (χ1v) is 4.55. The predicted molar refractivity (Wildman–Crippen MR) is 48.5 cm³/mol. The van der Waals surface area contributed by atoms with Gasteiger partial charge >= 0.3 is 12.1 Å². The maximum atomic E-state index is 12.5. The van der Waals surface area contributed by atoms with E-state index in [2.05, 4.69) is 0 Å². The maximum absolute atomic E-state index is 12.5. The van der Waals surface area contributed by atoms with E-state index in [9.17, 15) is 18.0 Å². The van der Waals surface area contributed by atoms with Crippen molar-refractivity contribution in [2.45, 2.75) is 25.4 Å². The van der Waals surface area contributed by atoms with Crippen LogP contribution in [-0.4, -0.2) is 17.3 Å². The molecule has 0 fully saturated rings. The molecule has 2 nitrogen and oxygen atoms in total. The molecule has 0 heterocycles. The molecule has 0 atom stereocenters. The lowest BCUT2D eigenvalue weighted by Gasteiger charge is -2.18. The third-order valence-electron chi connectivity index (χ3n) is 2.02. The zero-order valence-electron chi connectivity index (χ0n) is 7.57. The van der Waals surface area contributed by atoms with Gasteiger partial charge in [0.05, 0.1) is 12.0 Å². The second-order valence-corrected chi connectivity index (χ2v) is 3.66. The SMILES string of the molecule is O=C(O)CC1=C(C(F)(F)F)C=C(Cl)CC1. The first kappa shape index (κ1) is 12.1. The largest absolute Gasteiger partial charge is 0.481 e. The van der Waals surface area contributed by atoms with Crippen molar-refractivity contribution in [3.05, 3.63) is 22.3 Å². The first-order valence-electron chi connectivity index (χ1n) is 4.18. The van der Waals surface area contributed by atoms with Gasteiger partial charge < -0.3 is 5.11 Å². The van der Waals surface area contributed by atoms with Gasteiger partial charge in [-0.25, -0.2) is 0 Å². The molecule has 1 aliphatic rings. The highest BCUT2D eigenvalue weighted by Crippen LogP contribution is 2.37. The van der Waals surface area contributed by atoms with Crippen molar-refractivity contribution in [3.63, 3.8) is 0 Å². The smallest absolute Gasteiger partial charge is 0.416 e. The molecular weight excluding hydrogens is 233 g/mol. The van der Waals surface area contributed by atoms with E-state index in [4.69, 9.17) is 16.7 Å². The van der Waals surface area contributed by atoms with Crippen LogP contribution in [0.15, 0.2) is 22.3 Å². The first-order chi connectivity index (χ1) is 6.80. The lowest BCUT2D eigenvalue weighted by molar-refractivity contribution is -0.136. The number of carboxylic acids is 1. The van der Waals surface area contributed by atoms with E-state index in [1.165, 1.54) is 0 Å². The van der Waals surface area contributed by atoms with Crippen LogP contribution in [0.3, 0.4) is 0 Å². The Hall–Kier alpha value is -0.970. The zero-order chi connectivity index (χ0) is 11.6. The molecule has 1 aliphatic carbocycles. The average Bonchev–Trinajstić information content (AvgIpc) is 2.05. The molecule has 6 heteroatoms. The summed E-state index contributed by atoms with van der Waals surface area (Å²) in [6, 6.07) is 0. The van der Waals surface area contributed by atoms with Gasteiger partial charge in [0.2, 0.25) is 0 Å². The third kappa shape index (κ3) is 3.27. The van der Waals surface area contributed by atoms with E-state index < -0.39 is 24.1 Å². The van der Waals surface area contributed by atoms with Crippen LogP contribution in [0.1, 0.15) is 19.3 Å². The van der Waals surface area contributed by atoms with Gasteiger partial charge in [0, 0.05) is 5.03 Å². The Morgan fingerprint density at radius 1 is 1.47 bits per heavy atom. The molecule has 0 radical (unpaired) electrons. The summed E-state index contributed by atoms with van der Waals surface area (Å²) in [7, 11) is 0. The molecule has 0 aromatic carbocycles. The molecular formula is C9H8ClF3O2. The fraction of sp³-hybridized carbons (Fsp3) is 0.444. The Bertz CT molecular complexity index is 342. The molecule has 0 unspecified atom stereocenters. The van der Waals surface area contributed by atoms with Crippen LogP contribution in [0.2, 0.25) is 0 Å². The van der Waals surface area contributed by atoms with Gasteiger partial charge in [-0.05, 0) is 24.5 Å². The molecule has 0 aromatic rings. The van der Waals surface area contributed by atoms with Gasteiger partial charge in [0.1, 0.15) is 0 Å². The average molecular weight is 241 g/mol. The molecule has 0 aromatic heterocycles. The summed E-state index contributed by atoms with van der Waals surface area (Å²) in [4.78, 5) is 10.4. The van der Waals surface area contributed by atoms with Crippen LogP contribution < -0.4 is 0 Å². The number of alkyl halides is 3. The Labute approximate surface area is 89.0 Å². The fourth-order valence-electron chi connectivity index (χ4n) is 1.38. The quantitative estimate of drug-likeness (QED) is 0.805. The van der Waals surface area contributed by atoms with E-state index >= 15 is 0 Å². The second kappa shape index (κ2) is 4.26. The lowest BCUT2D eigenvalue weighted by Crippen LogP contribution is -2.16. The van der Waals surface area contributed by atoms with Gasteiger partial charge in [-0.15, -0.1) is 0 Å². The summed E-state index contributed by atoms with van der Waals surface area (Å²) in [5, 5.41) is 8.57. The second-order valence-electron chi connectivity index (χ2n) is 3.18. The highest BCUT2D eigenvalue weighted by atomic mass is 35.5. The van der Waals surface area contributed by atoms with Crippen LogP contribution in [0.4, 0.5) is 13.2 Å². The molecule has 0 aliphatic heterocycles.